The van der Waals surface area contributed by atoms with Crippen LogP contribution in [0.4, 0.5) is 0 Å². The summed E-state index contributed by atoms with van der Waals surface area (Å²) in [7, 11) is 1.74. The van der Waals surface area contributed by atoms with Crippen LogP contribution in [0.15, 0.2) is 0 Å². The first-order valence-corrected chi connectivity index (χ1v) is 5.76. The van der Waals surface area contributed by atoms with E-state index in [-0.39, 0.29) is 0 Å². The van der Waals surface area contributed by atoms with Crippen LogP contribution in [-0.2, 0) is 4.74 Å². The van der Waals surface area contributed by atoms with Gasteiger partial charge in [0.15, 0.2) is 0 Å². The Morgan fingerprint density at radius 1 is 1.00 bits per heavy atom. The van der Waals surface area contributed by atoms with Gasteiger partial charge in [-0.1, -0.05) is 33.6 Å². The number of hydrogen-bond acceptors (Lipinski definition) is 2. The lowest BCUT2D eigenvalue weighted by Gasteiger charge is -2.17. The van der Waals surface area contributed by atoms with E-state index >= 15 is 0 Å². The predicted octanol–water partition coefficient (Wildman–Crippen LogP) is 2.83. The molecule has 0 fully saturated rings. The van der Waals surface area contributed by atoms with Crippen LogP contribution < -0.4 is 5.32 Å². The quantitative estimate of drug-likeness (QED) is 0.610. The Bertz CT molecular complexity index is 118. The third kappa shape index (κ3) is 11.9. The van der Waals surface area contributed by atoms with E-state index in [1.807, 2.05) is 0 Å². The Hall–Kier alpha value is -0.0800. The van der Waals surface area contributed by atoms with Gasteiger partial charge in [-0.3, -0.25) is 0 Å². The van der Waals surface area contributed by atoms with Crippen LogP contribution in [0.2, 0.25) is 0 Å². The van der Waals surface area contributed by atoms with Gasteiger partial charge in [0.2, 0.25) is 0 Å². The number of methoxy groups -OCH3 is 1. The molecule has 0 saturated carbocycles. The minimum absolute atomic E-state index is 0.503. The summed E-state index contributed by atoms with van der Waals surface area (Å²) in [6.45, 7) is 9.86. The van der Waals surface area contributed by atoms with Gasteiger partial charge in [0.1, 0.15) is 0 Å². The first-order valence-electron chi connectivity index (χ1n) is 5.76. The minimum Gasteiger partial charge on any atom is -0.383 e. The molecular weight excluding hydrogens is 174 g/mol. The molecule has 0 amide bonds. The molecule has 0 saturated heterocycles. The van der Waals surface area contributed by atoms with Gasteiger partial charge in [-0.2, -0.15) is 0 Å². The Kier molecular flexibility index (Phi) is 8.20. The molecule has 0 aliphatic carbocycles. The fourth-order valence-corrected chi connectivity index (χ4v) is 1.38. The second-order valence-electron chi connectivity index (χ2n) is 5.11. The van der Waals surface area contributed by atoms with Crippen molar-refractivity contribution in [3.8, 4) is 0 Å². The van der Waals surface area contributed by atoms with Crippen LogP contribution in [0, 0.1) is 5.41 Å². The van der Waals surface area contributed by atoms with Gasteiger partial charge in [-0.05, 0) is 24.8 Å². The van der Waals surface area contributed by atoms with Crippen LogP contribution in [0.3, 0.4) is 0 Å². The molecule has 0 aromatic carbocycles. The van der Waals surface area contributed by atoms with Crippen molar-refractivity contribution in [1.82, 2.24) is 5.32 Å². The zero-order valence-electron chi connectivity index (χ0n) is 10.4. The van der Waals surface area contributed by atoms with Crippen molar-refractivity contribution >= 4 is 0 Å². The van der Waals surface area contributed by atoms with Gasteiger partial charge in [-0.15, -0.1) is 0 Å². The molecule has 0 bridgehead atoms. The molecule has 0 radical (unpaired) electrons. The van der Waals surface area contributed by atoms with Crippen LogP contribution in [0.1, 0.15) is 46.5 Å². The highest BCUT2D eigenvalue weighted by Crippen LogP contribution is 2.21. The molecule has 2 nitrogen and oxygen atoms in total. The van der Waals surface area contributed by atoms with E-state index in [1.165, 1.54) is 25.7 Å². The lowest BCUT2D eigenvalue weighted by atomic mass is 9.89. The summed E-state index contributed by atoms with van der Waals surface area (Å²) in [6, 6.07) is 0. The maximum atomic E-state index is 4.95. The molecule has 14 heavy (non-hydrogen) atoms. The molecule has 0 aliphatic heterocycles. The van der Waals surface area contributed by atoms with E-state index in [2.05, 4.69) is 26.1 Å². The van der Waals surface area contributed by atoms with E-state index < -0.39 is 0 Å². The molecule has 0 atom stereocenters. The summed E-state index contributed by atoms with van der Waals surface area (Å²) in [4.78, 5) is 0. The molecule has 0 rings (SSSR count). The summed E-state index contributed by atoms with van der Waals surface area (Å²) >= 11 is 0. The van der Waals surface area contributed by atoms with Crippen LogP contribution in [0.25, 0.3) is 0 Å². The molecule has 0 unspecified atom stereocenters. The maximum Gasteiger partial charge on any atom is 0.0587 e. The first-order chi connectivity index (χ1) is 6.56. The fourth-order valence-electron chi connectivity index (χ4n) is 1.38. The second kappa shape index (κ2) is 8.25. The Balaban J connectivity index is 2.99. The zero-order chi connectivity index (χ0) is 10.9. The summed E-state index contributed by atoms with van der Waals surface area (Å²) in [5.74, 6) is 0. The molecule has 86 valence electrons. The highest BCUT2D eigenvalue weighted by atomic mass is 16.5. The smallest absolute Gasteiger partial charge is 0.0587 e. The monoisotopic (exact) mass is 201 g/mol. The lowest BCUT2D eigenvalue weighted by Crippen LogP contribution is -2.20. The Morgan fingerprint density at radius 3 is 2.29 bits per heavy atom. The standard InChI is InChI=1S/C12H27NO/c1-12(2,3)8-6-5-7-9-13-10-11-14-4/h13H,5-11H2,1-4H3. The van der Waals surface area contributed by atoms with Gasteiger partial charge in [-0.25, -0.2) is 0 Å². The van der Waals surface area contributed by atoms with Crippen molar-refractivity contribution in [3.63, 3.8) is 0 Å². The van der Waals surface area contributed by atoms with E-state index in [1.54, 1.807) is 7.11 Å². The summed E-state index contributed by atoms with van der Waals surface area (Å²) in [5, 5.41) is 3.36. The van der Waals surface area contributed by atoms with Crippen molar-refractivity contribution < 1.29 is 4.74 Å². The third-order valence-electron chi connectivity index (χ3n) is 2.26. The van der Waals surface area contributed by atoms with Crippen LogP contribution in [0.5, 0.6) is 0 Å². The van der Waals surface area contributed by atoms with Crippen molar-refractivity contribution in [1.29, 1.82) is 0 Å². The van der Waals surface area contributed by atoms with Gasteiger partial charge >= 0.3 is 0 Å². The number of unbranched alkanes of at least 4 members (excludes halogenated alkanes) is 2. The van der Waals surface area contributed by atoms with Crippen molar-refractivity contribution in [3.05, 3.63) is 0 Å². The number of ether oxygens (including phenoxy) is 1. The topological polar surface area (TPSA) is 21.3 Å². The Morgan fingerprint density at radius 2 is 1.71 bits per heavy atom. The summed E-state index contributed by atoms with van der Waals surface area (Å²) in [6.07, 6.45) is 5.33. The molecule has 0 heterocycles. The molecule has 2 heteroatoms. The summed E-state index contributed by atoms with van der Waals surface area (Å²) in [5.41, 5.74) is 0.503. The highest BCUT2D eigenvalue weighted by molar-refractivity contribution is 4.61. The largest absolute Gasteiger partial charge is 0.383 e. The predicted molar refractivity (Wildman–Crippen MR) is 62.7 cm³/mol. The van der Waals surface area contributed by atoms with Gasteiger partial charge in [0.05, 0.1) is 6.61 Å². The Labute approximate surface area is 89.4 Å². The maximum absolute atomic E-state index is 4.95. The number of rotatable bonds is 8. The third-order valence-corrected chi connectivity index (χ3v) is 2.26. The van der Waals surface area contributed by atoms with Gasteiger partial charge in [0, 0.05) is 13.7 Å². The number of hydrogen-bond donors (Lipinski definition) is 1. The van der Waals surface area contributed by atoms with E-state index in [0.29, 0.717) is 5.41 Å². The second-order valence-corrected chi connectivity index (χ2v) is 5.11. The SMILES string of the molecule is COCCNCCCCCC(C)(C)C. The van der Waals surface area contributed by atoms with Gasteiger partial charge < -0.3 is 10.1 Å². The van der Waals surface area contributed by atoms with Crippen molar-refractivity contribution in [2.45, 2.75) is 46.5 Å². The van der Waals surface area contributed by atoms with Crippen LogP contribution >= 0.6 is 0 Å². The van der Waals surface area contributed by atoms with Crippen molar-refractivity contribution in [2.24, 2.45) is 5.41 Å². The number of nitrogens with one attached hydrogen (secondary N) is 1. The van der Waals surface area contributed by atoms with E-state index in [4.69, 9.17) is 4.74 Å². The minimum atomic E-state index is 0.503. The molecule has 0 spiro atoms. The molecule has 0 aliphatic rings. The molecular formula is C12H27NO. The molecule has 0 aromatic rings. The lowest BCUT2D eigenvalue weighted by molar-refractivity contribution is 0.199. The average molecular weight is 201 g/mol. The van der Waals surface area contributed by atoms with E-state index in [9.17, 15) is 0 Å². The zero-order valence-corrected chi connectivity index (χ0v) is 10.4. The molecule has 1 N–H and O–H groups in total. The first kappa shape index (κ1) is 13.9. The average Bonchev–Trinajstić information content (AvgIpc) is 2.08. The van der Waals surface area contributed by atoms with Crippen molar-refractivity contribution in [2.75, 3.05) is 26.8 Å². The fraction of sp³-hybridized carbons (Fsp3) is 1.00. The van der Waals surface area contributed by atoms with Crippen LogP contribution in [-0.4, -0.2) is 26.8 Å². The molecule has 0 aromatic heterocycles. The highest BCUT2D eigenvalue weighted by Gasteiger charge is 2.08. The summed E-state index contributed by atoms with van der Waals surface area (Å²) < 4.78 is 4.95. The van der Waals surface area contributed by atoms with E-state index in [0.717, 1.165) is 19.7 Å². The normalized spacial score (nSPS) is 12.0. The van der Waals surface area contributed by atoms with Gasteiger partial charge in [0.25, 0.3) is 0 Å².